The van der Waals surface area contributed by atoms with Crippen LogP contribution in [0.3, 0.4) is 0 Å². The van der Waals surface area contributed by atoms with Crippen LogP contribution in [0.4, 0.5) is 0 Å². The van der Waals surface area contributed by atoms with Gasteiger partial charge in [-0.25, -0.2) is 0 Å². The summed E-state index contributed by atoms with van der Waals surface area (Å²) in [5, 5.41) is 22.0. The quantitative estimate of drug-likeness (QED) is 0.345. The van der Waals surface area contributed by atoms with E-state index in [0.29, 0.717) is 30.1 Å². The average molecular weight is 487 g/mol. The topological polar surface area (TPSA) is 66.8 Å². The molecule has 35 heavy (non-hydrogen) atoms. The fourth-order valence-corrected chi connectivity index (χ4v) is 11.2. The van der Waals surface area contributed by atoms with E-state index in [9.17, 15) is 15.0 Å². The Morgan fingerprint density at radius 1 is 0.971 bits per heavy atom. The van der Waals surface area contributed by atoms with Crippen LogP contribution in [-0.4, -0.2) is 35.5 Å². The van der Waals surface area contributed by atoms with Gasteiger partial charge in [-0.1, -0.05) is 60.1 Å². The first-order valence-corrected chi connectivity index (χ1v) is 14.4. The van der Waals surface area contributed by atoms with Crippen molar-refractivity contribution < 1.29 is 19.7 Å². The van der Waals surface area contributed by atoms with Crippen molar-refractivity contribution in [2.75, 3.05) is 7.11 Å². The third kappa shape index (κ3) is 3.02. The highest BCUT2D eigenvalue weighted by molar-refractivity contribution is 5.78. The summed E-state index contributed by atoms with van der Waals surface area (Å²) in [4.78, 5) is 13.4. The average Bonchev–Trinajstić information content (AvgIpc) is 2.79. The van der Waals surface area contributed by atoms with Gasteiger partial charge in [-0.05, 0) is 103 Å². The largest absolute Gasteiger partial charge is 0.469 e. The summed E-state index contributed by atoms with van der Waals surface area (Å²) in [6.45, 7) is 16.6. The summed E-state index contributed by atoms with van der Waals surface area (Å²) in [5.41, 5.74) is 1.03. The van der Waals surface area contributed by atoms with Gasteiger partial charge < -0.3 is 14.9 Å². The first-order valence-electron chi connectivity index (χ1n) is 14.4. The summed E-state index contributed by atoms with van der Waals surface area (Å²) in [7, 11) is 1.57. The predicted octanol–water partition coefficient (Wildman–Crippen LogP) is 6.15. The Balaban J connectivity index is 1.62. The van der Waals surface area contributed by atoms with Crippen LogP contribution in [0.1, 0.15) is 99.8 Å². The minimum atomic E-state index is -0.663. The molecule has 0 saturated heterocycles. The molecule has 5 aliphatic rings. The zero-order chi connectivity index (χ0) is 25.8. The van der Waals surface area contributed by atoms with Crippen molar-refractivity contribution in [3.05, 3.63) is 11.6 Å². The van der Waals surface area contributed by atoms with Gasteiger partial charge >= 0.3 is 5.97 Å². The number of carbonyl (C=O) groups excluding carboxylic acids is 1. The Hall–Kier alpha value is -0.870. The number of aliphatic hydroxyl groups excluding tert-OH is 2. The number of ether oxygens (including phenoxy) is 1. The molecule has 0 spiro atoms. The molecule has 0 heterocycles. The van der Waals surface area contributed by atoms with Gasteiger partial charge in [0.2, 0.25) is 0 Å². The van der Waals surface area contributed by atoms with Crippen molar-refractivity contribution in [3.8, 4) is 0 Å². The van der Waals surface area contributed by atoms with Crippen molar-refractivity contribution in [2.45, 2.75) is 112 Å². The standard InChI is InChI=1S/C31H50O4/c1-18-11-14-31(26(34)35-8)16-15-29(6)20(24(31)19(18)2)9-10-23-28(5)17-21(32)25(33)27(3,4)22(28)12-13-30(23,29)7/h9,18-19,21-25,32-33H,10-17H2,1-8H3/t18-,19+,21+,22?,23-,24+,25+,28+,29-,30-,31+/m1/s1. The SMILES string of the molecule is COC(=O)[C@]12CC[C@@H](C)[C@H](C)[C@H]1C1=CC[C@@H]3[C@@]4(C)C[C@H](O)[C@H](O)C(C)(C)C4CC[C@@]3(C)[C@]1(C)CC2. The lowest BCUT2D eigenvalue weighted by atomic mass is 9.33. The van der Waals surface area contributed by atoms with Crippen molar-refractivity contribution in [1.29, 1.82) is 0 Å². The number of aliphatic hydroxyl groups is 2. The number of allylic oxidation sites excluding steroid dienone is 2. The first-order chi connectivity index (χ1) is 16.2. The fraction of sp³-hybridized carbons (Fsp3) is 0.903. The van der Waals surface area contributed by atoms with E-state index >= 15 is 0 Å². The molecular weight excluding hydrogens is 436 g/mol. The number of hydrogen-bond acceptors (Lipinski definition) is 4. The molecule has 4 fully saturated rings. The highest BCUT2D eigenvalue weighted by atomic mass is 16.5. The lowest BCUT2D eigenvalue weighted by molar-refractivity contribution is -0.232. The number of methoxy groups -OCH3 is 1. The van der Waals surface area contributed by atoms with Gasteiger partial charge in [0.15, 0.2) is 0 Å². The van der Waals surface area contributed by atoms with Gasteiger partial charge in [0.25, 0.3) is 0 Å². The number of hydrogen-bond donors (Lipinski definition) is 2. The third-order valence-electron chi connectivity index (χ3n) is 13.5. The second-order valence-corrected chi connectivity index (χ2v) is 14.8. The lowest BCUT2D eigenvalue weighted by Gasteiger charge is -2.71. The van der Waals surface area contributed by atoms with Gasteiger partial charge in [0, 0.05) is 0 Å². The maximum absolute atomic E-state index is 13.4. The van der Waals surface area contributed by atoms with Gasteiger partial charge in [-0.2, -0.15) is 0 Å². The van der Waals surface area contributed by atoms with Crippen LogP contribution in [0.5, 0.6) is 0 Å². The third-order valence-corrected chi connectivity index (χ3v) is 13.5. The molecule has 4 heteroatoms. The number of carbonyl (C=O) groups is 1. The van der Waals surface area contributed by atoms with E-state index in [4.69, 9.17) is 4.74 Å². The monoisotopic (exact) mass is 486 g/mol. The minimum Gasteiger partial charge on any atom is -0.469 e. The van der Waals surface area contributed by atoms with Crippen molar-refractivity contribution >= 4 is 5.97 Å². The molecule has 0 radical (unpaired) electrons. The summed E-state index contributed by atoms with van der Waals surface area (Å²) in [6.07, 6.45) is 9.19. The van der Waals surface area contributed by atoms with Crippen LogP contribution in [0, 0.1) is 56.7 Å². The van der Waals surface area contributed by atoms with Crippen LogP contribution in [0.25, 0.3) is 0 Å². The van der Waals surface area contributed by atoms with E-state index in [2.05, 4.69) is 54.5 Å². The second-order valence-electron chi connectivity index (χ2n) is 14.8. The summed E-state index contributed by atoms with van der Waals surface area (Å²) in [5.74, 6) is 2.21. The maximum atomic E-state index is 13.4. The molecule has 2 N–H and O–H groups in total. The van der Waals surface area contributed by atoms with Crippen molar-refractivity contribution in [3.63, 3.8) is 0 Å². The zero-order valence-corrected chi connectivity index (χ0v) is 23.5. The molecule has 5 aliphatic carbocycles. The molecule has 0 aromatic rings. The zero-order valence-electron chi connectivity index (χ0n) is 23.5. The molecule has 4 saturated carbocycles. The molecule has 0 amide bonds. The molecule has 4 nitrogen and oxygen atoms in total. The van der Waals surface area contributed by atoms with E-state index in [1.54, 1.807) is 12.7 Å². The van der Waals surface area contributed by atoms with E-state index in [1.807, 2.05) is 0 Å². The Labute approximate surface area is 213 Å². The van der Waals surface area contributed by atoms with Gasteiger partial charge in [-0.15, -0.1) is 0 Å². The highest BCUT2D eigenvalue weighted by Crippen LogP contribution is 2.75. The lowest BCUT2D eigenvalue weighted by Crippen LogP contribution is -2.67. The molecular formula is C31H50O4. The van der Waals surface area contributed by atoms with Gasteiger partial charge in [0.05, 0.1) is 24.7 Å². The normalized spacial score (nSPS) is 54.9. The highest BCUT2D eigenvalue weighted by Gasteiger charge is 2.70. The van der Waals surface area contributed by atoms with Crippen LogP contribution in [0.15, 0.2) is 11.6 Å². The van der Waals surface area contributed by atoms with E-state index < -0.39 is 12.2 Å². The Morgan fingerprint density at radius 2 is 1.66 bits per heavy atom. The second kappa shape index (κ2) is 7.82. The molecule has 0 aromatic heterocycles. The first kappa shape index (κ1) is 25.8. The Morgan fingerprint density at radius 3 is 2.31 bits per heavy atom. The van der Waals surface area contributed by atoms with Crippen LogP contribution in [0.2, 0.25) is 0 Å². The fourth-order valence-electron chi connectivity index (χ4n) is 11.2. The number of fused-ring (bicyclic) bond motifs is 7. The maximum Gasteiger partial charge on any atom is 0.312 e. The molecule has 1 unspecified atom stereocenters. The molecule has 0 aromatic carbocycles. The molecule has 11 atom stereocenters. The summed E-state index contributed by atoms with van der Waals surface area (Å²) in [6, 6.07) is 0. The van der Waals surface area contributed by atoms with Gasteiger partial charge in [-0.3, -0.25) is 4.79 Å². The smallest absolute Gasteiger partial charge is 0.312 e. The molecule has 5 rings (SSSR count). The van der Waals surface area contributed by atoms with Crippen LogP contribution in [-0.2, 0) is 9.53 Å². The number of esters is 1. The summed E-state index contributed by atoms with van der Waals surface area (Å²) >= 11 is 0. The number of rotatable bonds is 1. The predicted molar refractivity (Wildman–Crippen MR) is 138 cm³/mol. The van der Waals surface area contributed by atoms with Crippen LogP contribution >= 0.6 is 0 Å². The van der Waals surface area contributed by atoms with Crippen molar-refractivity contribution in [1.82, 2.24) is 0 Å². The molecule has 0 bridgehead atoms. The molecule has 198 valence electrons. The van der Waals surface area contributed by atoms with Gasteiger partial charge in [0.1, 0.15) is 0 Å². The van der Waals surface area contributed by atoms with E-state index in [0.717, 1.165) is 44.9 Å². The Kier molecular flexibility index (Phi) is 5.76. The van der Waals surface area contributed by atoms with Crippen molar-refractivity contribution in [2.24, 2.45) is 56.7 Å². The summed E-state index contributed by atoms with van der Waals surface area (Å²) < 4.78 is 5.49. The minimum absolute atomic E-state index is 0.0114. The van der Waals surface area contributed by atoms with Crippen LogP contribution < -0.4 is 0 Å². The van der Waals surface area contributed by atoms with E-state index in [-0.39, 0.29) is 39.0 Å². The van der Waals surface area contributed by atoms with E-state index in [1.165, 1.54) is 0 Å². The molecule has 0 aliphatic heterocycles. The Bertz CT molecular complexity index is 923.